The fourth-order valence-corrected chi connectivity index (χ4v) is 7.12. The number of aliphatic hydroxyl groups is 2. The Kier molecular flexibility index (Phi) is 3.95. The van der Waals surface area contributed by atoms with Crippen LogP contribution in [0.5, 0.6) is 0 Å². The van der Waals surface area contributed by atoms with Crippen molar-refractivity contribution in [2.45, 2.75) is 70.5 Å². The van der Waals surface area contributed by atoms with Gasteiger partial charge in [0.2, 0.25) is 0 Å². The second kappa shape index (κ2) is 5.65. The lowest BCUT2D eigenvalue weighted by Gasteiger charge is -2.59. The van der Waals surface area contributed by atoms with E-state index in [9.17, 15) is 19.8 Å². The summed E-state index contributed by atoms with van der Waals surface area (Å²) in [5, 5.41) is 22.4. The molecule has 4 aliphatic rings. The number of ether oxygens (including phenoxy) is 1. The third-order valence-corrected chi connectivity index (χ3v) is 8.55. The molecule has 5 nitrogen and oxygen atoms in total. The molecule has 3 fully saturated rings. The molecule has 3 unspecified atom stereocenters. The normalized spacial score (nSPS) is 50.3. The highest BCUT2D eigenvalue weighted by atomic mass is 16.5. The molecule has 0 aromatic heterocycles. The highest BCUT2D eigenvalue weighted by Gasteiger charge is 2.68. The van der Waals surface area contributed by atoms with Crippen LogP contribution in [0.4, 0.5) is 0 Å². The van der Waals surface area contributed by atoms with Crippen LogP contribution < -0.4 is 0 Å². The van der Waals surface area contributed by atoms with Crippen LogP contribution in [-0.4, -0.2) is 40.8 Å². The summed E-state index contributed by atoms with van der Waals surface area (Å²) in [6.07, 6.45) is 5.90. The molecule has 4 aliphatic carbocycles. The van der Waals surface area contributed by atoms with Crippen molar-refractivity contribution in [3.05, 3.63) is 11.6 Å². The summed E-state index contributed by atoms with van der Waals surface area (Å²) in [5.74, 6) is 0.211. The van der Waals surface area contributed by atoms with Gasteiger partial charge in [-0.25, -0.2) is 4.79 Å². The average molecular weight is 362 g/mol. The highest BCUT2D eigenvalue weighted by Crippen LogP contribution is 2.67. The Morgan fingerprint density at radius 1 is 1.31 bits per heavy atom. The molecule has 4 rings (SSSR count). The average Bonchev–Trinajstić information content (AvgIpc) is 2.86. The van der Waals surface area contributed by atoms with Crippen molar-refractivity contribution in [3.8, 4) is 0 Å². The number of allylic oxidation sites excluding steroid dienone is 2. The summed E-state index contributed by atoms with van der Waals surface area (Å²) < 4.78 is 4.92. The van der Waals surface area contributed by atoms with E-state index in [0.717, 1.165) is 19.3 Å². The van der Waals surface area contributed by atoms with Gasteiger partial charge in [0.25, 0.3) is 0 Å². The molecule has 26 heavy (non-hydrogen) atoms. The van der Waals surface area contributed by atoms with Gasteiger partial charge < -0.3 is 14.9 Å². The van der Waals surface area contributed by atoms with Crippen LogP contribution in [0.25, 0.3) is 0 Å². The number of esters is 1. The standard InChI is InChI=1S/C21H30O5/c1-19-8-6-13(22)10-12(19)4-5-14-15-7-9-21(25,18(24)26-3)20(15,2)11-16(23)17(14)19/h4,14-17,23,25H,5-11H2,1-3H3/t14?,15?,16-,17?,19-,20-,21-/m0/s1. The topological polar surface area (TPSA) is 83.8 Å². The van der Waals surface area contributed by atoms with Crippen molar-refractivity contribution in [2.24, 2.45) is 28.6 Å². The first-order chi connectivity index (χ1) is 12.2. The molecule has 5 heteroatoms. The molecular formula is C21H30O5. The van der Waals surface area contributed by atoms with Crippen LogP contribution >= 0.6 is 0 Å². The maximum atomic E-state index is 12.4. The molecule has 0 aromatic carbocycles. The van der Waals surface area contributed by atoms with Crippen LogP contribution in [0, 0.1) is 28.6 Å². The molecule has 0 aliphatic heterocycles. The number of carbonyl (C=O) groups is 2. The lowest BCUT2D eigenvalue weighted by molar-refractivity contribution is -0.195. The third kappa shape index (κ3) is 2.10. The van der Waals surface area contributed by atoms with E-state index >= 15 is 0 Å². The van der Waals surface area contributed by atoms with E-state index in [1.54, 1.807) is 0 Å². The summed E-state index contributed by atoms with van der Waals surface area (Å²) in [6, 6.07) is 0. The molecule has 0 heterocycles. The van der Waals surface area contributed by atoms with Gasteiger partial charge in [-0.3, -0.25) is 4.79 Å². The van der Waals surface area contributed by atoms with E-state index in [0.29, 0.717) is 31.5 Å². The van der Waals surface area contributed by atoms with Gasteiger partial charge in [-0.1, -0.05) is 25.5 Å². The highest BCUT2D eigenvalue weighted by molar-refractivity contribution is 5.83. The monoisotopic (exact) mass is 362 g/mol. The first-order valence-corrected chi connectivity index (χ1v) is 9.87. The van der Waals surface area contributed by atoms with Crippen LogP contribution in [0.15, 0.2) is 11.6 Å². The number of aliphatic hydroxyl groups excluding tert-OH is 1. The zero-order valence-electron chi connectivity index (χ0n) is 16.0. The maximum Gasteiger partial charge on any atom is 0.338 e. The quantitative estimate of drug-likeness (QED) is 0.553. The van der Waals surface area contributed by atoms with Gasteiger partial charge in [0.1, 0.15) is 5.78 Å². The molecule has 0 saturated heterocycles. The number of rotatable bonds is 1. The Bertz CT molecular complexity index is 684. The van der Waals surface area contributed by atoms with Crippen molar-refractivity contribution in [2.75, 3.05) is 7.11 Å². The van der Waals surface area contributed by atoms with Gasteiger partial charge in [-0.05, 0) is 55.3 Å². The molecule has 0 spiro atoms. The van der Waals surface area contributed by atoms with E-state index in [1.165, 1.54) is 12.7 Å². The van der Waals surface area contributed by atoms with E-state index < -0.39 is 23.1 Å². The number of methoxy groups -OCH3 is 1. The fraction of sp³-hybridized carbons (Fsp3) is 0.810. The first kappa shape index (κ1) is 18.2. The Hall–Kier alpha value is -1.20. The van der Waals surface area contributed by atoms with E-state index in [-0.39, 0.29) is 23.2 Å². The summed E-state index contributed by atoms with van der Waals surface area (Å²) in [4.78, 5) is 24.3. The second-order valence-electron chi connectivity index (χ2n) is 9.47. The van der Waals surface area contributed by atoms with Gasteiger partial charge >= 0.3 is 5.97 Å². The van der Waals surface area contributed by atoms with E-state index in [1.807, 2.05) is 6.92 Å². The lowest BCUT2D eigenvalue weighted by atomic mass is 9.46. The van der Waals surface area contributed by atoms with E-state index in [4.69, 9.17) is 4.74 Å². The molecule has 0 amide bonds. The number of fused-ring (bicyclic) bond motifs is 5. The predicted molar refractivity (Wildman–Crippen MR) is 95.1 cm³/mol. The molecule has 0 aromatic rings. The van der Waals surface area contributed by atoms with Crippen LogP contribution in [-0.2, 0) is 14.3 Å². The van der Waals surface area contributed by atoms with Gasteiger partial charge in [-0.2, -0.15) is 0 Å². The number of hydrogen-bond donors (Lipinski definition) is 2. The summed E-state index contributed by atoms with van der Waals surface area (Å²) >= 11 is 0. The van der Waals surface area contributed by atoms with Crippen molar-refractivity contribution in [3.63, 3.8) is 0 Å². The minimum absolute atomic E-state index is 0.0914. The van der Waals surface area contributed by atoms with Crippen molar-refractivity contribution >= 4 is 11.8 Å². The van der Waals surface area contributed by atoms with Crippen molar-refractivity contribution < 1.29 is 24.5 Å². The van der Waals surface area contributed by atoms with Crippen LogP contribution in [0.2, 0.25) is 0 Å². The molecule has 3 saturated carbocycles. The number of carbonyl (C=O) groups excluding carboxylic acids is 2. The predicted octanol–water partition coefficient (Wildman–Crippen LogP) is 2.39. The molecular weight excluding hydrogens is 332 g/mol. The number of ketones is 1. The van der Waals surface area contributed by atoms with Crippen molar-refractivity contribution in [1.82, 2.24) is 0 Å². The lowest BCUT2D eigenvalue weighted by Crippen LogP contribution is -2.61. The van der Waals surface area contributed by atoms with Crippen LogP contribution in [0.1, 0.15) is 58.8 Å². The number of hydrogen-bond acceptors (Lipinski definition) is 5. The Morgan fingerprint density at radius 2 is 2.04 bits per heavy atom. The number of Topliss-reactive ketones (excluding diaryl/α,β-unsaturated/α-hetero) is 1. The van der Waals surface area contributed by atoms with Gasteiger partial charge in [-0.15, -0.1) is 0 Å². The zero-order valence-corrected chi connectivity index (χ0v) is 16.0. The summed E-state index contributed by atoms with van der Waals surface area (Å²) in [5.41, 5.74) is -1.15. The largest absolute Gasteiger partial charge is 0.467 e. The summed E-state index contributed by atoms with van der Waals surface area (Å²) in [7, 11) is 1.31. The molecule has 0 radical (unpaired) electrons. The van der Waals surface area contributed by atoms with Gasteiger partial charge in [0, 0.05) is 18.3 Å². The second-order valence-corrected chi connectivity index (χ2v) is 9.47. The maximum absolute atomic E-state index is 12.4. The smallest absolute Gasteiger partial charge is 0.338 e. The van der Waals surface area contributed by atoms with Gasteiger partial charge in [0.05, 0.1) is 13.2 Å². The zero-order chi connectivity index (χ0) is 18.9. The summed E-state index contributed by atoms with van der Waals surface area (Å²) in [6.45, 7) is 4.16. The molecule has 2 N–H and O–H groups in total. The minimum Gasteiger partial charge on any atom is -0.467 e. The van der Waals surface area contributed by atoms with Crippen LogP contribution in [0.3, 0.4) is 0 Å². The minimum atomic E-state index is -1.52. The SMILES string of the molecule is COC(=O)[C@@]1(O)CCC2C3CC=C4CC(=O)CC[C@]4(C)C3[C@@H](O)C[C@@]21C. The van der Waals surface area contributed by atoms with Crippen molar-refractivity contribution in [1.29, 1.82) is 0 Å². The fourth-order valence-electron chi connectivity index (χ4n) is 7.12. The molecule has 144 valence electrons. The molecule has 7 atom stereocenters. The third-order valence-electron chi connectivity index (χ3n) is 8.55. The van der Waals surface area contributed by atoms with E-state index in [2.05, 4.69) is 13.0 Å². The molecule has 0 bridgehead atoms. The van der Waals surface area contributed by atoms with Gasteiger partial charge in [0.15, 0.2) is 5.60 Å². The first-order valence-electron chi connectivity index (χ1n) is 9.87. The Balaban J connectivity index is 1.74. The Labute approximate surface area is 154 Å². The Morgan fingerprint density at radius 3 is 2.73 bits per heavy atom.